The number of aliphatic hydroxyl groups is 1. The van der Waals surface area contributed by atoms with Crippen molar-refractivity contribution in [1.82, 2.24) is 10.6 Å². The van der Waals surface area contributed by atoms with Gasteiger partial charge < -0.3 is 25.9 Å². The maximum absolute atomic E-state index is 11.0. The minimum atomic E-state index is -0.588. The molecular weight excluding hydrogens is 308 g/mol. The van der Waals surface area contributed by atoms with Crippen molar-refractivity contribution in [2.75, 3.05) is 13.1 Å². The van der Waals surface area contributed by atoms with E-state index in [1.54, 1.807) is 12.1 Å². The van der Waals surface area contributed by atoms with Crippen LogP contribution in [0.1, 0.15) is 55.8 Å². The predicted octanol–water partition coefficient (Wildman–Crippen LogP) is 1.37. The van der Waals surface area contributed by atoms with E-state index in [1.807, 2.05) is 6.92 Å². The molecule has 7 nitrogen and oxygen atoms in total. The summed E-state index contributed by atoms with van der Waals surface area (Å²) in [6.45, 7) is 5.80. The average Bonchev–Trinajstić information content (AvgIpc) is 3.02. The molecule has 1 aromatic heterocycles. The van der Waals surface area contributed by atoms with Crippen LogP contribution in [0.15, 0.2) is 21.5 Å². The van der Waals surface area contributed by atoms with E-state index in [9.17, 15) is 9.90 Å². The average molecular weight is 336 g/mol. The quantitative estimate of drug-likeness (QED) is 0.463. The van der Waals surface area contributed by atoms with Gasteiger partial charge in [-0.15, -0.1) is 0 Å². The molecule has 24 heavy (non-hydrogen) atoms. The van der Waals surface area contributed by atoms with Crippen molar-refractivity contribution in [3.05, 3.63) is 23.7 Å². The SMILES string of the molecule is CCNC(=NCc1ccc(C(N)=O)o1)NCC1(C)CCCCC1O. The molecule has 2 unspecified atom stereocenters. The summed E-state index contributed by atoms with van der Waals surface area (Å²) in [6.07, 6.45) is 3.80. The monoisotopic (exact) mass is 336 g/mol. The van der Waals surface area contributed by atoms with Crippen LogP contribution in [0.5, 0.6) is 0 Å². The van der Waals surface area contributed by atoms with Crippen molar-refractivity contribution in [3.8, 4) is 0 Å². The van der Waals surface area contributed by atoms with Crippen molar-refractivity contribution in [2.45, 2.75) is 52.2 Å². The Bertz CT molecular complexity index is 584. The fraction of sp³-hybridized carbons (Fsp3) is 0.647. The highest BCUT2D eigenvalue weighted by molar-refractivity contribution is 5.89. The molecule has 1 saturated carbocycles. The number of aliphatic imine (C=N–C) groups is 1. The number of carbonyl (C=O) groups is 1. The third-order valence-electron chi connectivity index (χ3n) is 4.58. The molecule has 0 saturated heterocycles. The maximum atomic E-state index is 11.0. The number of primary amides is 1. The van der Waals surface area contributed by atoms with Gasteiger partial charge in [-0.2, -0.15) is 0 Å². The van der Waals surface area contributed by atoms with E-state index >= 15 is 0 Å². The van der Waals surface area contributed by atoms with Crippen molar-refractivity contribution < 1.29 is 14.3 Å². The number of hydrogen-bond donors (Lipinski definition) is 4. The second-order valence-electron chi connectivity index (χ2n) is 6.59. The number of nitrogens with two attached hydrogens (primary N) is 1. The molecule has 0 bridgehead atoms. The molecule has 134 valence electrons. The molecule has 0 spiro atoms. The van der Waals surface area contributed by atoms with Gasteiger partial charge in [0.2, 0.25) is 0 Å². The molecule has 1 aliphatic carbocycles. The molecule has 5 N–H and O–H groups in total. The zero-order valence-corrected chi connectivity index (χ0v) is 14.5. The Morgan fingerprint density at radius 2 is 2.25 bits per heavy atom. The van der Waals surface area contributed by atoms with Gasteiger partial charge in [-0.25, -0.2) is 4.99 Å². The molecule has 1 fully saturated rings. The topological polar surface area (TPSA) is 113 Å². The van der Waals surface area contributed by atoms with E-state index in [0.717, 1.165) is 32.2 Å². The van der Waals surface area contributed by atoms with Crippen LogP contribution in [-0.4, -0.2) is 36.2 Å². The summed E-state index contributed by atoms with van der Waals surface area (Å²) >= 11 is 0. The van der Waals surface area contributed by atoms with E-state index in [2.05, 4.69) is 22.5 Å². The number of amides is 1. The van der Waals surface area contributed by atoms with Gasteiger partial charge in [-0.1, -0.05) is 19.8 Å². The van der Waals surface area contributed by atoms with E-state index in [4.69, 9.17) is 10.2 Å². The Kier molecular flexibility index (Phi) is 6.25. The van der Waals surface area contributed by atoms with E-state index in [-0.39, 0.29) is 17.3 Å². The Morgan fingerprint density at radius 3 is 2.88 bits per heavy atom. The number of hydrogen-bond acceptors (Lipinski definition) is 4. The first kappa shape index (κ1) is 18.3. The van der Waals surface area contributed by atoms with Gasteiger partial charge in [0.05, 0.1) is 6.10 Å². The van der Waals surface area contributed by atoms with E-state index in [1.165, 1.54) is 0 Å². The highest BCUT2D eigenvalue weighted by Gasteiger charge is 2.35. The molecule has 0 aromatic carbocycles. The number of carbonyl (C=O) groups excluding carboxylic acids is 1. The first-order valence-corrected chi connectivity index (χ1v) is 8.53. The maximum Gasteiger partial charge on any atom is 0.284 e. The number of guanidine groups is 1. The van der Waals surface area contributed by atoms with Gasteiger partial charge in [0.1, 0.15) is 12.3 Å². The Morgan fingerprint density at radius 1 is 1.46 bits per heavy atom. The summed E-state index contributed by atoms with van der Waals surface area (Å²) < 4.78 is 5.33. The van der Waals surface area contributed by atoms with Gasteiger partial charge in [0, 0.05) is 18.5 Å². The lowest BCUT2D eigenvalue weighted by molar-refractivity contribution is 0.00397. The number of nitrogens with zero attached hydrogens (tertiary/aromatic N) is 1. The van der Waals surface area contributed by atoms with Crippen LogP contribution in [0.4, 0.5) is 0 Å². The number of nitrogens with one attached hydrogen (secondary N) is 2. The second-order valence-corrected chi connectivity index (χ2v) is 6.59. The lowest BCUT2D eigenvalue weighted by Gasteiger charge is -2.38. The van der Waals surface area contributed by atoms with E-state index < -0.39 is 5.91 Å². The van der Waals surface area contributed by atoms with Crippen molar-refractivity contribution >= 4 is 11.9 Å². The largest absolute Gasteiger partial charge is 0.454 e. The van der Waals surface area contributed by atoms with Gasteiger partial charge in [0.15, 0.2) is 11.7 Å². The van der Waals surface area contributed by atoms with Crippen LogP contribution in [0.25, 0.3) is 0 Å². The molecule has 0 radical (unpaired) electrons. The van der Waals surface area contributed by atoms with Crippen molar-refractivity contribution in [3.63, 3.8) is 0 Å². The van der Waals surface area contributed by atoms with Crippen LogP contribution in [-0.2, 0) is 6.54 Å². The first-order valence-electron chi connectivity index (χ1n) is 8.53. The Balaban J connectivity index is 1.96. The predicted molar refractivity (Wildman–Crippen MR) is 92.6 cm³/mol. The van der Waals surface area contributed by atoms with Gasteiger partial charge in [-0.05, 0) is 31.9 Å². The number of rotatable bonds is 6. The third kappa shape index (κ3) is 4.74. The van der Waals surface area contributed by atoms with Crippen molar-refractivity contribution in [1.29, 1.82) is 0 Å². The molecule has 1 aromatic rings. The summed E-state index contributed by atoms with van der Waals surface area (Å²) in [4.78, 5) is 15.5. The second kappa shape index (κ2) is 8.19. The fourth-order valence-corrected chi connectivity index (χ4v) is 2.97. The zero-order valence-electron chi connectivity index (χ0n) is 14.5. The summed E-state index contributed by atoms with van der Waals surface area (Å²) in [7, 11) is 0. The van der Waals surface area contributed by atoms with Crippen LogP contribution >= 0.6 is 0 Å². The van der Waals surface area contributed by atoms with Crippen molar-refractivity contribution in [2.24, 2.45) is 16.1 Å². The molecular formula is C17H28N4O3. The smallest absolute Gasteiger partial charge is 0.284 e. The molecule has 0 aliphatic heterocycles. The minimum absolute atomic E-state index is 0.135. The van der Waals surface area contributed by atoms with Gasteiger partial charge in [-0.3, -0.25) is 4.79 Å². The molecule has 2 atom stereocenters. The Labute approximate surface area is 142 Å². The fourth-order valence-electron chi connectivity index (χ4n) is 2.97. The summed E-state index contributed by atoms with van der Waals surface area (Å²) in [5.74, 6) is 0.781. The van der Waals surface area contributed by atoms with Crippen LogP contribution < -0.4 is 16.4 Å². The molecule has 1 aliphatic rings. The molecule has 7 heteroatoms. The third-order valence-corrected chi connectivity index (χ3v) is 4.58. The number of furan rings is 1. The molecule has 1 amide bonds. The van der Waals surface area contributed by atoms with Crippen LogP contribution in [0.3, 0.4) is 0 Å². The van der Waals surface area contributed by atoms with E-state index in [0.29, 0.717) is 24.8 Å². The lowest BCUT2D eigenvalue weighted by atomic mass is 9.73. The summed E-state index contributed by atoms with van der Waals surface area (Å²) in [5.41, 5.74) is 5.03. The lowest BCUT2D eigenvalue weighted by Crippen LogP contribution is -2.48. The van der Waals surface area contributed by atoms with Gasteiger partial charge >= 0.3 is 0 Å². The standard InChI is InChI=1S/C17H28N4O3/c1-3-19-16(20-10-12-7-8-13(24-12)15(18)23)21-11-17(2)9-5-4-6-14(17)22/h7-8,14,22H,3-6,9-11H2,1-2H3,(H2,18,23)(H2,19,20,21). The highest BCUT2D eigenvalue weighted by atomic mass is 16.3. The highest BCUT2D eigenvalue weighted by Crippen LogP contribution is 2.35. The van der Waals surface area contributed by atoms with Crippen LogP contribution in [0, 0.1) is 5.41 Å². The minimum Gasteiger partial charge on any atom is -0.454 e. The number of aliphatic hydroxyl groups excluding tert-OH is 1. The Hall–Kier alpha value is -2.02. The normalized spacial score (nSPS) is 24.6. The zero-order chi connectivity index (χ0) is 17.6. The van der Waals surface area contributed by atoms with Gasteiger partial charge in [0.25, 0.3) is 5.91 Å². The van der Waals surface area contributed by atoms with Crippen LogP contribution in [0.2, 0.25) is 0 Å². The summed E-state index contributed by atoms with van der Waals surface area (Å²) in [6, 6.07) is 3.24. The summed E-state index contributed by atoms with van der Waals surface area (Å²) in [5, 5.41) is 16.8. The molecule has 2 rings (SSSR count). The first-order chi connectivity index (χ1) is 11.4. The molecule has 1 heterocycles.